The Labute approximate surface area is 99.6 Å². The largest absolute Gasteiger partial charge is 0.286 e. The molecule has 0 N–H and O–H groups in total. The van der Waals surface area contributed by atoms with Crippen molar-refractivity contribution >= 4 is 8.32 Å². The third kappa shape index (κ3) is 3.74. The summed E-state index contributed by atoms with van der Waals surface area (Å²) in [6, 6.07) is 13.5. The second-order valence-corrected chi connectivity index (χ2v) is 8.73. The molecule has 0 aliphatic rings. The number of hydrogen-bond donors (Lipinski definition) is 0. The average Bonchev–Trinajstić information content (AvgIpc) is 2.37. The Morgan fingerprint density at radius 1 is 0.938 bits per heavy atom. The lowest BCUT2D eigenvalue weighted by atomic mass is 10.2. The molecule has 1 aromatic carbocycles. The van der Waals surface area contributed by atoms with E-state index in [9.17, 15) is 0 Å². The van der Waals surface area contributed by atoms with Gasteiger partial charge in [0.1, 0.15) is 6.61 Å². The van der Waals surface area contributed by atoms with Crippen LogP contribution in [0.4, 0.5) is 0 Å². The van der Waals surface area contributed by atoms with Gasteiger partial charge in [-0.25, -0.2) is 4.89 Å². The van der Waals surface area contributed by atoms with E-state index in [2.05, 4.69) is 32.9 Å². The SMILES string of the molecule is CC[Si](CC)(CC)OOCc1ccccc1. The summed E-state index contributed by atoms with van der Waals surface area (Å²) < 4.78 is 5.72. The topological polar surface area (TPSA) is 18.5 Å². The van der Waals surface area contributed by atoms with E-state index in [0.29, 0.717) is 6.61 Å². The van der Waals surface area contributed by atoms with E-state index in [1.165, 1.54) is 0 Å². The van der Waals surface area contributed by atoms with Crippen LogP contribution in [-0.4, -0.2) is 8.32 Å². The molecule has 0 aliphatic heterocycles. The fraction of sp³-hybridized carbons (Fsp3) is 0.538. The molecule has 0 aliphatic carbocycles. The Balaban J connectivity index is 2.39. The molecule has 0 aromatic heterocycles. The Bertz CT molecular complexity index is 275. The molecule has 16 heavy (non-hydrogen) atoms. The van der Waals surface area contributed by atoms with Gasteiger partial charge in [-0.3, -0.25) is 4.58 Å². The summed E-state index contributed by atoms with van der Waals surface area (Å²) in [7, 11) is -1.59. The molecular weight excluding hydrogens is 216 g/mol. The molecule has 0 saturated heterocycles. The van der Waals surface area contributed by atoms with E-state index in [1.807, 2.05) is 18.2 Å². The first-order chi connectivity index (χ1) is 7.76. The van der Waals surface area contributed by atoms with Crippen molar-refractivity contribution in [2.75, 3.05) is 0 Å². The van der Waals surface area contributed by atoms with Crippen molar-refractivity contribution in [1.29, 1.82) is 0 Å². The first-order valence-corrected chi connectivity index (χ1v) is 8.64. The second kappa shape index (κ2) is 6.84. The first-order valence-electron chi connectivity index (χ1n) is 6.11. The lowest BCUT2D eigenvalue weighted by molar-refractivity contribution is -0.230. The van der Waals surface area contributed by atoms with Crippen LogP contribution >= 0.6 is 0 Å². The number of hydrogen-bond acceptors (Lipinski definition) is 2. The van der Waals surface area contributed by atoms with Crippen LogP contribution in [-0.2, 0) is 16.1 Å². The van der Waals surface area contributed by atoms with Gasteiger partial charge in [0.15, 0.2) is 0 Å². The van der Waals surface area contributed by atoms with Gasteiger partial charge in [-0.05, 0) is 23.7 Å². The van der Waals surface area contributed by atoms with Gasteiger partial charge in [0.25, 0.3) is 0 Å². The van der Waals surface area contributed by atoms with E-state index in [4.69, 9.17) is 9.46 Å². The van der Waals surface area contributed by atoms with Crippen LogP contribution in [0.1, 0.15) is 26.3 Å². The van der Waals surface area contributed by atoms with Crippen molar-refractivity contribution in [3.63, 3.8) is 0 Å². The predicted octanol–water partition coefficient (Wildman–Crippen LogP) is 4.14. The van der Waals surface area contributed by atoms with Gasteiger partial charge in [0.05, 0.1) is 0 Å². The minimum Gasteiger partial charge on any atom is -0.286 e. The van der Waals surface area contributed by atoms with Crippen molar-refractivity contribution in [1.82, 2.24) is 0 Å². The molecule has 0 bridgehead atoms. The molecule has 0 radical (unpaired) electrons. The Morgan fingerprint density at radius 2 is 1.50 bits per heavy atom. The number of benzene rings is 1. The molecular formula is C13H22O2Si. The van der Waals surface area contributed by atoms with Crippen LogP contribution in [0.5, 0.6) is 0 Å². The van der Waals surface area contributed by atoms with Crippen LogP contribution in [0.2, 0.25) is 18.1 Å². The third-order valence-electron chi connectivity index (χ3n) is 3.24. The minimum atomic E-state index is -1.59. The van der Waals surface area contributed by atoms with E-state index < -0.39 is 8.32 Å². The second-order valence-electron chi connectivity index (χ2n) is 4.07. The first kappa shape index (κ1) is 13.4. The molecule has 0 amide bonds. The highest BCUT2D eigenvalue weighted by molar-refractivity contribution is 6.73. The van der Waals surface area contributed by atoms with Gasteiger partial charge in [0.2, 0.25) is 8.32 Å². The van der Waals surface area contributed by atoms with Crippen molar-refractivity contribution in [3.8, 4) is 0 Å². The van der Waals surface area contributed by atoms with Crippen molar-refractivity contribution in [2.45, 2.75) is 45.5 Å². The minimum absolute atomic E-state index is 0.551. The van der Waals surface area contributed by atoms with Crippen LogP contribution in [0.25, 0.3) is 0 Å². The lowest BCUT2D eigenvalue weighted by Crippen LogP contribution is -2.35. The number of rotatable bonds is 7. The Kier molecular flexibility index (Phi) is 5.73. The summed E-state index contributed by atoms with van der Waals surface area (Å²) in [4.78, 5) is 5.42. The van der Waals surface area contributed by atoms with E-state index in [1.54, 1.807) is 0 Å². The molecule has 0 heterocycles. The third-order valence-corrected chi connectivity index (χ3v) is 7.57. The van der Waals surface area contributed by atoms with Crippen molar-refractivity contribution in [2.24, 2.45) is 0 Å². The highest BCUT2D eigenvalue weighted by Gasteiger charge is 2.30. The summed E-state index contributed by atoms with van der Waals surface area (Å²) in [5.74, 6) is 0. The van der Waals surface area contributed by atoms with Crippen LogP contribution < -0.4 is 0 Å². The summed E-state index contributed by atoms with van der Waals surface area (Å²) in [6.07, 6.45) is 0. The maximum atomic E-state index is 5.72. The Hall–Kier alpha value is -0.643. The quantitative estimate of drug-likeness (QED) is 0.404. The molecule has 3 heteroatoms. The standard InChI is InChI=1S/C13H22O2Si/c1-4-16(5-2,6-3)15-14-12-13-10-8-7-9-11-13/h7-11H,4-6,12H2,1-3H3. The molecule has 0 saturated carbocycles. The van der Waals surface area contributed by atoms with Crippen LogP contribution in [0, 0.1) is 0 Å². The Morgan fingerprint density at radius 3 is 2.00 bits per heavy atom. The molecule has 0 fully saturated rings. The lowest BCUT2D eigenvalue weighted by Gasteiger charge is -2.25. The zero-order chi connectivity index (χ0) is 11.9. The van der Waals surface area contributed by atoms with Gasteiger partial charge in [-0.1, -0.05) is 51.1 Å². The smallest absolute Gasteiger partial charge is 0.238 e. The normalized spacial score (nSPS) is 11.7. The molecule has 1 rings (SSSR count). The zero-order valence-corrected chi connectivity index (χ0v) is 11.5. The van der Waals surface area contributed by atoms with Gasteiger partial charge in [-0.15, -0.1) is 0 Å². The molecule has 0 spiro atoms. The molecule has 90 valence electrons. The fourth-order valence-electron chi connectivity index (χ4n) is 1.72. The monoisotopic (exact) mass is 238 g/mol. The summed E-state index contributed by atoms with van der Waals surface area (Å²) in [5.41, 5.74) is 1.16. The maximum absolute atomic E-state index is 5.72. The van der Waals surface area contributed by atoms with Gasteiger partial charge in [-0.2, -0.15) is 0 Å². The predicted molar refractivity (Wildman–Crippen MR) is 69.5 cm³/mol. The van der Waals surface area contributed by atoms with Gasteiger partial charge >= 0.3 is 0 Å². The van der Waals surface area contributed by atoms with Crippen LogP contribution in [0.3, 0.4) is 0 Å². The zero-order valence-electron chi connectivity index (χ0n) is 10.5. The average molecular weight is 238 g/mol. The molecule has 0 unspecified atom stereocenters. The fourth-order valence-corrected chi connectivity index (χ4v) is 3.89. The van der Waals surface area contributed by atoms with Crippen molar-refractivity contribution in [3.05, 3.63) is 35.9 Å². The van der Waals surface area contributed by atoms with Crippen molar-refractivity contribution < 1.29 is 9.46 Å². The van der Waals surface area contributed by atoms with E-state index in [0.717, 1.165) is 23.7 Å². The highest BCUT2D eigenvalue weighted by Crippen LogP contribution is 2.22. The van der Waals surface area contributed by atoms with Gasteiger partial charge in [0, 0.05) is 0 Å². The van der Waals surface area contributed by atoms with Crippen LogP contribution in [0.15, 0.2) is 30.3 Å². The highest BCUT2D eigenvalue weighted by atomic mass is 28.4. The maximum Gasteiger partial charge on any atom is 0.238 e. The van der Waals surface area contributed by atoms with E-state index in [-0.39, 0.29) is 0 Å². The molecule has 2 nitrogen and oxygen atoms in total. The summed E-state index contributed by atoms with van der Waals surface area (Å²) in [6.45, 7) is 7.15. The molecule has 1 aromatic rings. The molecule has 0 atom stereocenters. The van der Waals surface area contributed by atoms with Gasteiger partial charge < -0.3 is 0 Å². The van der Waals surface area contributed by atoms with E-state index >= 15 is 0 Å². The summed E-state index contributed by atoms with van der Waals surface area (Å²) >= 11 is 0. The summed E-state index contributed by atoms with van der Waals surface area (Å²) in [5, 5.41) is 0.